The molecule has 4 bridgehead atoms. The van der Waals surface area contributed by atoms with Gasteiger partial charge in [-0.3, -0.25) is 4.79 Å². The Morgan fingerprint density at radius 3 is 2.56 bits per heavy atom. The van der Waals surface area contributed by atoms with Gasteiger partial charge in [0.25, 0.3) is 0 Å². The van der Waals surface area contributed by atoms with Gasteiger partial charge in [0.05, 0.1) is 11.0 Å². The number of rotatable bonds is 4. The molecule has 0 radical (unpaired) electrons. The predicted octanol–water partition coefficient (Wildman–Crippen LogP) is 4.31. The molecule has 0 saturated heterocycles. The van der Waals surface area contributed by atoms with Crippen LogP contribution in [0.4, 0.5) is 0 Å². The zero-order valence-corrected chi connectivity index (χ0v) is 17.3. The van der Waals surface area contributed by atoms with Gasteiger partial charge in [-0.15, -0.1) is 5.10 Å². The standard InChI is InChI=1S/C20H22BrClN4O/c21-18-24-12-26(25-18)20-8-14-5-15(9-20)7-19(6-14,11-20)17(27)23-10-13-1-3-16(22)4-2-13/h1-4,12,14-15H,5-11H2,(H,23,27)/t14-,15-,19?,20?/m1/s1. The Bertz CT molecular complexity index is 866. The Labute approximate surface area is 172 Å². The van der Waals surface area contributed by atoms with Crippen molar-refractivity contribution in [2.75, 3.05) is 0 Å². The number of hydrogen-bond donors (Lipinski definition) is 1. The van der Waals surface area contributed by atoms with E-state index in [4.69, 9.17) is 11.6 Å². The van der Waals surface area contributed by atoms with E-state index >= 15 is 0 Å². The topological polar surface area (TPSA) is 59.8 Å². The number of halogens is 2. The molecule has 142 valence electrons. The van der Waals surface area contributed by atoms with Gasteiger partial charge in [0.1, 0.15) is 6.33 Å². The first-order valence-corrected chi connectivity index (χ1v) is 10.7. The smallest absolute Gasteiger partial charge is 0.226 e. The SMILES string of the molecule is O=C(NCc1ccc(Cl)cc1)C12C[C@H]3C[C@H](C1)CC(n1cnc(Br)n1)(C3)C2. The molecule has 7 heteroatoms. The third kappa shape index (κ3) is 3.01. The van der Waals surface area contributed by atoms with Gasteiger partial charge in [-0.25, -0.2) is 9.67 Å². The van der Waals surface area contributed by atoms with Crippen molar-refractivity contribution >= 4 is 33.4 Å². The van der Waals surface area contributed by atoms with Crippen molar-refractivity contribution in [3.8, 4) is 0 Å². The van der Waals surface area contributed by atoms with E-state index in [1.165, 1.54) is 6.42 Å². The van der Waals surface area contributed by atoms with Crippen molar-refractivity contribution in [3.05, 3.63) is 45.9 Å². The second-order valence-corrected chi connectivity index (χ2v) is 9.88. The maximum Gasteiger partial charge on any atom is 0.226 e. The lowest BCUT2D eigenvalue weighted by Gasteiger charge is -2.60. The van der Waals surface area contributed by atoms with Crippen LogP contribution < -0.4 is 5.32 Å². The number of carbonyl (C=O) groups excluding carboxylic acids is 1. The van der Waals surface area contributed by atoms with Gasteiger partial charge in [-0.1, -0.05) is 23.7 Å². The minimum absolute atomic E-state index is 0.0548. The quantitative estimate of drug-likeness (QED) is 0.757. The lowest BCUT2D eigenvalue weighted by molar-refractivity contribution is -0.156. The summed E-state index contributed by atoms with van der Waals surface area (Å²) < 4.78 is 2.66. The zero-order valence-electron chi connectivity index (χ0n) is 15.0. The van der Waals surface area contributed by atoms with Crippen LogP contribution in [0.15, 0.2) is 35.3 Å². The highest BCUT2D eigenvalue weighted by Gasteiger charge is 2.61. The molecule has 0 spiro atoms. The summed E-state index contributed by atoms with van der Waals surface area (Å²) in [5, 5.41) is 8.50. The van der Waals surface area contributed by atoms with Gasteiger partial charge in [0.2, 0.25) is 10.6 Å². The van der Waals surface area contributed by atoms with E-state index < -0.39 is 0 Å². The molecule has 4 aliphatic carbocycles. The average Bonchev–Trinajstić information content (AvgIpc) is 3.07. The molecule has 27 heavy (non-hydrogen) atoms. The van der Waals surface area contributed by atoms with Gasteiger partial charge in [-0.2, -0.15) is 0 Å². The second-order valence-electron chi connectivity index (χ2n) is 8.73. The van der Waals surface area contributed by atoms with E-state index in [2.05, 4.69) is 31.3 Å². The lowest BCUT2D eigenvalue weighted by Crippen LogP contribution is -2.61. The summed E-state index contributed by atoms with van der Waals surface area (Å²) in [4.78, 5) is 17.6. The van der Waals surface area contributed by atoms with Crippen molar-refractivity contribution in [1.29, 1.82) is 0 Å². The van der Waals surface area contributed by atoms with Crippen LogP contribution in [0, 0.1) is 17.3 Å². The largest absolute Gasteiger partial charge is 0.352 e. The maximum atomic E-state index is 13.3. The molecule has 2 atom stereocenters. The number of nitrogens with zero attached hydrogens (tertiary/aromatic N) is 3. The molecule has 4 aliphatic rings. The number of amides is 1. The van der Waals surface area contributed by atoms with Gasteiger partial charge in [-0.05, 0) is 84.0 Å². The number of hydrogen-bond acceptors (Lipinski definition) is 3. The molecule has 2 aromatic rings. The average molecular weight is 450 g/mol. The Kier molecular flexibility index (Phi) is 4.13. The highest BCUT2D eigenvalue weighted by molar-refractivity contribution is 9.10. The van der Waals surface area contributed by atoms with Gasteiger partial charge >= 0.3 is 0 Å². The summed E-state index contributed by atoms with van der Waals surface area (Å²) in [6.07, 6.45) is 8.20. The van der Waals surface area contributed by atoms with Crippen LogP contribution in [0.1, 0.15) is 44.1 Å². The lowest BCUT2D eigenvalue weighted by atomic mass is 9.46. The molecule has 1 aromatic carbocycles. The van der Waals surface area contributed by atoms with E-state index in [-0.39, 0.29) is 16.9 Å². The Balaban J connectivity index is 1.38. The normalized spacial score (nSPS) is 34.0. The number of aromatic nitrogens is 3. The molecule has 5 nitrogen and oxygen atoms in total. The van der Waals surface area contributed by atoms with Crippen molar-refractivity contribution in [2.24, 2.45) is 17.3 Å². The highest BCUT2D eigenvalue weighted by atomic mass is 79.9. The van der Waals surface area contributed by atoms with E-state index in [1.807, 2.05) is 35.3 Å². The molecular formula is C20H22BrClN4O. The van der Waals surface area contributed by atoms with E-state index in [0.29, 0.717) is 28.1 Å². The highest BCUT2D eigenvalue weighted by Crippen LogP contribution is 2.64. The van der Waals surface area contributed by atoms with E-state index in [0.717, 1.165) is 37.7 Å². The molecule has 4 fully saturated rings. The Morgan fingerprint density at radius 2 is 1.93 bits per heavy atom. The van der Waals surface area contributed by atoms with Crippen LogP contribution in [0.2, 0.25) is 5.02 Å². The Hall–Kier alpha value is -1.40. The van der Waals surface area contributed by atoms with Crippen LogP contribution in [0.3, 0.4) is 0 Å². The maximum absolute atomic E-state index is 13.3. The second kappa shape index (κ2) is 6.31. The molecule has 1 aromatic heterocycles. The minimum Gasteiger partial charge on any atom is -0.352 e. The van der Waals surface area contributed by atoms with Crippen molar-refractivity contribution < 1.29 is 4.79 Å². The van der Waals surface area contributed by atoms with Crippen molar-refractivity contribution in [2.45, 2.75) is 50.6 Å². The Morgan fingerprint density at radius 1 is 1.22 bits per heavy atom. The summed E-state index contributed by atoms with van der Waals surface area (Å²) in [5.74, 6) is 1.42. The first kappa shape index (κ1) is 17.7. The summed E-state index contributed by atoms with van der Waals surface area (Å²) in [6.45, 7) is 0.551. The van der Waals surface area contributed by atoms with Crippen LogP contribution in [0.5, 0.6) is 0 Å². The third-order valence-electron chi connectivity index (χ3n) is 6.83. The molecule has 4 saturated carbocycles. The summed E-state index contributed by atoms with van der Waals surface area (Å²) in [6, 6.07) is 7.67. The van der Waals surface area contributed by atoms with E-state index in [9.17, 15) is 4.79 Å². The fourth-order valence-corrected chi connectivity index (χ4v) is 6.58. The van der Waals surface area contributed by atoms with E-state index in [1.54, 1.807) is 0 Å². The predicted molar refractivity (Wildman–Crippen MR) is 106 cm³/mol. The molecule has 1 amide bonds. The monoisotopic (exact) mass is 448 g/mol. The first-order valence-electron chi connectivity index (χ1n) is 9.57. The zero-order chi connectivity index (χ0) is 18.6. The molecule has 0 unspecified atom stereocenters. The third-order valence-corrected chi connectivity index (χ3v) is 7.44. The first-order chi connectivity index (χ1) is 13.0. The molecule has 6 rings (SSSR count). The van der Waals surface area contributed by atoms with Crippen LogP contribution in [-0.2, 0) is 16.9 Å². The summed E-state index contributed by atoms with van der Waals surface area (Å²) >= 11 is 9.33. The minimum atomic E-state index is -0.269. The van der Waals surface area contributed by atoms with Crippen LogP contribution in [0.25, 0.3) is 0 Å². The van der Waals surface area contributed by atoms with Gasteiger partial charge < -0.3 is 5.32 Å². The van der Waals surface area contributed by atoms with Crippen LogP contribution in [-0.4, -0.2) is 20.7 Å². The summed E-state index contributed by atoms with van der Waals surface area (Å²) in [7, 11) is 0. The number of carbonyl (C=O) groups is 1. The number of nitrogens with one attached hydrogen (secondary N) is 1. The van der Waals surface area contributed by atoms with Crippen molar-refractivity contribution in [3.63, 3.8) is 0 Å². The van der Waals surface area contributed by atoms with Crippen molar-refractivity contribution in [1.82, 2.24) is 20.1 Å². The molecule has 1 heterocycles. The van der Waals surface area contributed by atoms with Crippen LogP contribution >= 0.6 is 27.5 Å². The molecule has 1 N–H and O–H groups in total. The molecule has 0 aliphatic heterocycles. The fourth-order valence-electron chi connectivity index (χ4n) is 6.19. The van der Waals surface area contributed by atoms with Gasteiger partial charge in [0.15, 0.2) is 0 Å². The van der Waals surface area contributed by atoms with Gasteiger partial charge in [0, 0.05) is 11.6 Å². The fraction of sp³-hybridized carbons (Fsp3) is 0.550. The number of benzene rings is 1. The summed E-state index contributed by atoms with van der Waals surface area (Å²) in [5.41, 5.74) is 0.753. The molecular weight excluding hydrogens is 428 g/mol.